The number of nitrogens with one attached hydrogen (secondary N) is 1. The minimum atomic E-state index is -0.102. The van der Waals surface area contributed by atoms with Gasteiger partial charge in [0.1, 0.15) is 18.2 Å². The summed E-state index contributed by atoms with van der Waals surface area (Å²) in [6.07, 6.45) is 5.00. The van der Waals surface area contributed by atoms with Gasteiger partial charge in [0.25, 0.3) is 0 Å². The van der Waals surface area contributed by atoms with Gasteiger partial charge in [-0.25, -0.2) is 4.98 Å². The highest BCUT2D eigenvalue weighted by Gasteiger charge is 2.21. The maximum atomic E-state index is 5.76. The Labute approximate surface area is 122 Å². The molecule has 0 aliphatic heterocycles. The van der Waals surface area contributed by atoms with Crippen LogP contribution in [-0.2, 0) is 5.41 Å². The molecule has 0 aromatic carbocycles. The number of aromatic nitrogens is 2. The molecular weight excluding hydrogens is 250 g/mol. The lowest BCUT2D eigenvalue weighted by Crippen LogP contribution is -2.19. The molecule has 4 nitrogen and oxygen atoms in total. The lowest BCUT2D eigenvalue weighted by atomic mass is 9.95. The van der Waals surface area contributed by atoms with E-state index in [2.05, 4.69) is 43.0 Å². The molecule has 4 heteroatoms. The Morgan fingerprint density at radius 1 is 1.25 bits per heavy atom. The highest BCUT2D eigenvalue weighted by molar-refractivity contribution is 5.49. The average molecular weight is 277 g/mol. The van der Waals surface area contributed by atoms with E-state index in [4.69, 9.17) is 4.74 Å². The molecule has 0 atom stereocenters. The van der Waals surface area contributed by atoms with Crippen molar-refractivity contribution < 1.29 is 4.74 Å². The summed E-state index contributed by atoms with van der Waals surface area (Å²) in [5.74, 6) is 2.35. The summed E-state index contributed by atoms with van der Waals surface area (Å²) in [5.41, 5.74) is 0.866. The molecule has 1 rings (SSSR count). The summed E-state index contributed by atoms with van der Waals surface area (Å²) in [6.45, 7) is 13.9. The lowest BCUT2D eigenvalue weighted by Gasteiger charge is -2.20. The highest BCUT2D eigenvalue weighted by Crippen LogP contribution is 2.27. The third-order valence-electron chi connectivity index (χ3n) is 2.87. The van der Waals surface area contributed by atoms with Gasteiger partial charge in [-0.2, -0.15) is 4.98 Å². The van der Waals surface area contributed by atoms with E-state index >= 15 is 0 Å². The van der Waals surface area contributed by atoms with E-state index in [9.17, 15) is 0 Å². The van der Waals surface area contributed by atoms with Crippen molar-refractivity contribution in [1.82, 2.24) is 9.97 Å². The zero-order valence-corrected chi connectivity index (χ0v) is 13.6. The molecule has 0 aliphatic carbocycles. The molecule has 0 spiro atoms. The van der Waals surface area contributed by atoms with E-state index in [1.807, 2.05) is 26.0 Å². The van der Waals surface area contributed by atoms with Gasteiger partial charge in [-0.3, -0.25) is 0 Å². The van der Waals surface area contributed by atoms with Crippen LogP contribution in [0.2, 0.25) is 0 Å². The van der Waals surface area contributed by atoms with E-state index in [1.165, 1.54) is 0 Å². The SMILES string of the molecule is C/C=C/COc1nc(C(C)(C)C)nc(NCCC)c1C. The van der Waals surface area contributed by atoms with Gasteiger partial charge in [-0.15, -0.1) is 0 Å². The van der Waals surface area contributed by atoms with Gasteiger partial charge in [0.2, 0.25) is 5.88 Å². The Morgan fingerprint density at radius 2 is 1.95 bits per heavy atom. The standard InChI is InChI=1S/C16H27N3O/c1-7-9-11-20-14-12(3)13(17-10-8-2)18-15(19-14)16(4,5)6/h7,9H,8,10-11H2,1-6H3,(H,17,18,19)/b9-7+. The van der Waals surface area contributed by atoms with Crippen LogP contribution in [0.25, 0.3) is 0 Å². The molecule has 0 unspecified atom stereocenters. The van der Waals surface area contributed by atoms with Gasteiger partial charge < -0.3 is 10.1 Å². The molecule has 0 bridgehead atoms. The summed E-state index contributed by atoms with van der Waals surface area (Å²) in [5, 5.41) is 3.36. The van der Waals surface area contributed by atoms with E-state index in [-0.39, 0.29) is 5.41 Å². The molecule has 0 fully saturated rings. The molecule has 0 amide bonds. The summed E-state index contributed by atoms with van der Waals surface area (Å²) < 4.78 is 5.76. The molecule has 0 saturated heterocycles. The van der Waals surface area contributed by atoms with Gasteiger partial charge in [-0.1, -0.05) is 39.8 Å². The summed E-state index contributed by atoms with van der Waals surface area (Å²) >= 11 is 0. The Balaban J connectivity index is 3.12. The fourth-order valence-electron chi connectivity index (χ4n) is 1.61. The molecule has 0 aliphatic rings. The summed E-state index contributed by atoms with van der Waals surface area (Å²) in [7, 11) is 0. The first-order valence-electron chi connectivity index (χ1n) is 7.27. The van der Waals surface area contributed by atoms with Crippen LogP contribution in [0.15, 0.2) is 12.2 Å². The Morgan fingerprint density at radius 3 is 2.50 bits per heavy atom. The molecule has 1 aromatic rings. The first-order valence-corrected chi connectivity index (χ1v) is 7.27. The van der Waals surface area contributed by atoms with Crippen LogP contribution in [-0.4, -0.2) is 23.1 Å². The van der Waals surface area contributed by atoms with Crippen LogP contribution in [0.4, 0.5) is 5.82 Å². The van der Waals surface area contributed by atoms with Crippen molar-refractivity contribution in [3.05, 3.63) is 23.5 Å². The summed E-state index contributed by atoms with van der Waals surface area (Å²) in [4.78, 5) is 9.23. The van der Waals surface area contributed by atoms with E-state index in [0.29, 0.717) is 12.5 Å². The predicted molar refractivity (Wildman–Crippen MR) is 84.6 cm³/mol. The highest BCUT2D eigenvalue weighted by atomic mass is 16.5. The van der Waals surface area contributed by atoms with Gasteiger partial charge in [0.15, 0.2) is 0 Å². The Bertz CT molecular complexity index is 462. The Kier molecular flexibility index (Phi) is 5.99. The fourth-order valence-corrected chi connectivity index (χ4v) is 1.61. The topological polar surface area (TPSA) is 47.0 Å². The van der Waals surface area contributed by atoms with E-state index < -0.39 is 0 Å². The zero-order valence-electron chi connectivity index (χ0n) is 13.6. The van der Waals surface area contributed by atoms with Gasteiger partial charge >= 0.3 is 0 Å². The van der Waals surface area contributed by atoms with Crippen LogP contribution < -0.4 is 10.1 Å². The van der Waals surface area contributed by atoms with Gasteiger partial charge in [0.05, 0.1) is 5.56 Å². The molecule has 112 valence electrons. The minimum Gasteiger partial charge on any atom is -0.473 e. The minimum absolute atomic E-state index is 0.102. The first kappa shape index (κ1) is 16.5. The largest absolute Gasteiger partial charge is 0.473 e. The molecule has 1 heterocycles. The number of rotatable bonds is 6. The number of nitrogens with zero attached hydrogens (tertiary/aromatic N) is 2. The van der Waals surface area contributed by atoms with E-state index in [0.717, 1.165) is 30.2 Å². The van der Waals surface area contributed by atoms with Crippen molar-refractivity contribution in [2.24, 2.45) is 0 Å². The Hall–Kier alpha value is -1.58. The lowest BCUT2D eigenvalue weighted by molar-refractivity contribution is 0.340. The normalized spacial score (nSPS) is 11.9. The number of anilines is 1. The van der Waals surface area contributed by atoms with Crippen LogP contribution >= 0.6 is 0 Å². The molecule has 20 heavy (non-hydrogen) atoms. The van der Waals surface area contributed by atoms with Crippen LogP contribution in [0, 0.1) is 6.92 Å². The average Bonchev–Trinajstić information content (AvgIpc) is 2.38. The molecular formula is C16H27N3O. The van der Waals surface area contributed by atoms with Gasteiger partial charge in [0, 0.05) is 12.0 Å². The number of allylic oxidation sites excluding steroid dienone is 1. The predicted octanol–water partition coefficient (Wildman–Crippen LogP) is 3.86. The smallest absolute Gasteiger partial charge is 0.222 e. The van der Waals surface area contributed by atoms with Crippen LogP contribution in [0.1, 0.15) is 52.4 Å². The van der Waals surface area contributed by atoms with Crippen LogP contribution in [0.3, 0.4) is 0 Å². The monoisotopic (exact) mass is 277 g/mol. The molecule has 0 saturated carbocycles. The second-order valence-corrected chi connectivity index (χ2v) is 5.88. The van der Waals surface area contributed by atoms with Crippen molar-refractivity contribution >= 4 is 5.82 Å². The molecule has 1 N–H and O–H groups in total. The van der Waals surface area contributed by atoms with Crippen molar-refractivity contribution in [2.45, 2.75) is 53.4 Å². The third-order valence-corrected chi connectivity index (χ3v) is 2.87. The molecule has 1 aromatic heterocycles. The maximum absolute atomic E-state index is 5.76. The third kappa shape index (κ3) is 4.51. The van der Waals surface area contributed by atoms with E-state index in [1.54, 1.807) is 0 Å². The first-order chi connectivity index (χ1) is 9.40. The van der Waals surface area contributed by atoms with Crippen molar-refractivity contribution in [3.8, 4) is 5.88 Å². The number of ether oxygens (including phenoxy) is 1. The van der Waals surface area contributed by atoms with Gasteiger partial charge in [-0.05, 0) is 20.3 Å². The second kappa shape index (κ2) is 7.27. The summed E-state index contributed by atoms with van der Waals surface area (Å²) in [6, 6.07) is 0. The molecule has 0 radical (unpaired) electrons. The fraction of sp³-hybridized carbons (Fsp3) is 0.625. The maximum Gasteiger partial charge on any atom is 0.222 e. The van der Waals surface area contributed by atoms with Crippen molar-refractivity contribution in [1.29, 1.82) is 0 Å². The second-order valence-electron chi connectivity index (χ2n) is 5.88. The van der Waals surface area contributed by atoms with Crippen LogP contribution in [0.5, 0.6) is 5.88 Å². The quantitative estimate of drug-likeness (QED) is 0.802. The number of hydrogen-bond acceptors (Lipinski definition) is 4. The van der Waals surface area contributed by atoms with Crippen molar-refractivity contribution in [2.75, 3.05) is 18.5 Å². The zero-order chi connectivity index (χ0) is 15.2. The number of hydrogen-bond donors (Lipinski definition) is 1. The van der Waals surface area contributed by atoms with Crippen molar-refractivity contribution in [3.63, 3.8) is 0 Å².